The monoisotopic (exact) mass is 173 g/mol. The Bertz CT molecular complexity index is 418. The maximum Gasteiger partial charge on any atom is 0.190 e. The number of furan rings is 1. The number of hydrogen-bond donors (Lipinski definition) is 1. The molecule has 0 saturated heterocycles. The normalized spacial score (nSPS) is 10.2. The fourth-order valence-corrected chi connectivity index (χ4v) is 1.33. The molecule has 2 rings (SSSR count). The summed E-state index contributed by atoms with van der Waals surface area (Å²) in [5, 5.41) is 0. The number of nitrogen functional groups attached to an aromatic ring is 1. The van der Waals surface area contributed by atoms with Crippen LogP contribution in [0.25, 0.3) is 11.1 Å². The van der Waals surface area contributed by atoms with Crippen LogP contribution in [0.15, 0.2) is 41.0 Å². The van der Waals surface area contributed by atoms with E-state index >= 15 is 0 Å². The minimum Gasteiger partial charge on any atom is -0.449 e. The van der Waals surface area contributed by atoms with Crippen LogP contribution in [-0.4, -0.2) is 0 Å². The van der Waals surface area contributed by atoms with Crippen LogP contribution in [0.2, 0.25) is 0 Å². The van der Waals surface area contributed by atoms with E-state index in [2.05, 4.69) is 19.1 Å². The number of rotatable bonds is 1. The molecule has 1 aromatic heterocycles. The van der Waals surface area contributed by atoms with Crippen molar-refractivity contribution in [2.45, 2.75) is 6.92 Å². The van der Waals surface area contributed by atoms with E-state index in [0.717, 1.165) is 11.1 Å². The molecule has 2 heteroatoms. The average molecular weight is 173 g/mol. The summed E-state index contributed by atoms with van der Waals surface area (Å²) >= 11 is 0. The van der Waals surface area contributed by atoms with Gasteiger partial charge in [0.1, 0.15) is 6.26 Å². The van der Waals surface area contributed by atoms with Gasteiger partial charge in [-0.2, -0.15) is 0 Å². The number of nitrogens with two attached hydrogens (primary N) is 1. The van der Waals surface area contributed by atoms with Crippen molar-refractivity contribution >= 4 is 5.88 Å². The quantitative estimate of drug-likeness (QED) is 0.720. The third kappa shape index (κ3) is 1.56. The number of benzene rings is 1. The maximum absolute atomic E-state index is 5.49. The molecule has 66 valence electrons. The van der Waals surface area contributed by atoms with E-state index in [1.54, 1.807) is 6.26 Å². The standard InChI is InChI=1S/C11H11NO/c1-8-3-2-4-9(5-8)10-6-11(12)13-7-10/h2-7H,12H2,1H3. The Hall–Kier alpha value is -1.70. The second-order valence-corrected chi connectivity index (χ2v) is 3.11. The van der Waals surface area contributed by atoms with Gasteiger partial charge < -0.3 is 10.2 Å². The summed E-state index contributed by atoms with van der Waals surface area (Å²) in [6.45, 7) is 2.06. The van der Waals surface area contributed by atoms with Crippen LogP contribution in [0.3, 0.4) is 0 Å². The highest BCUT2D eigenvalue weighted by Crippen LogP contribution is 2.23. The molecule has 0 radical (unpaired) electrons. The molecule has 1 heterocycles. The second kappa shape index (κ2) is 2.98. The van der Waals surface area contributed by atoms with E-state index < -0.39 is 0 Å². The zero-order valence-corrected chi connectivity index (χ0v) is 7.45. The van der Waals surface area contributed by atoms with Crippen LogP contribution in [0.1, 0.15) is 5.56 Å². The van der Waals surface area contributed by atoms with Crippen LogP contribution in [-0.2, 0) is 0 Å². The number of anilines is 1. The first-order valence-corrected chi connectivity index (χ1v) is 4.17. The molecule has 2 nitrogen and oxygen atoms in total. The van der Waals surface area contributed by atoms with Gasteiger partial charge in [-0.1, -0.05) is 29.8 Å². The lowest BCUT2D eigenvalue weighted by atomic mass is 10.1. The molecule has 2 N–H and O–H groups in total. The molecule has 0 aliphatic rings. The Morgan fingerprint density at radius 2 is 2.00 bits per heavy atom. The van der Waals surface area contributed by atoms with Crippen LogP contribution in [0.5, 0.6) is 0 Å². The lowest BCUT2D eigenvalue weighted by Gasteiger charge is -1.97. The highest BCUT2D eigenvalue weighted by molar-refractivity contribution is 5.65. The Labute approximate surface area is 77.0 Å². The highest BCUT2D eigenvalue weighted by Gasteiger charge is 2.00. The van der Waals surface area contributed by atoms with Gasteiger partial charge in [0, 0.05) is 11.6 Å². The van der Waals surface area contributed by atoms with Gasteiger partial charge >= 0.3 is 0 Å². The van der Waals surface area contributed by atoms with Crippen molar-refractivity contribution in [3.8, 4) is 11.1 Å². The average Bonchev–Trinajstić information content (AvgIpc) is 2.52. The van der Waals surface area contributed by atoms with E-state index in [4.69, 9.17) is 10.2 Å². The Morgan fingerprint density at radius 1 is 1.15 bits per heavy atom. The molecule has 13 heavy (non-hydrogen) atoms. The van der Waals surface area contributed by atoms with Gasteiger partial charge in [-0.05, 0) is 12.5 Å². The summed E-state index contributed by atoms with van der Waals surface area (Å²) in [6, 6.07) is 10.1. The van der Waals surface area contributed by atoms with Crippen molar-refractivity contribution in [2.24, 2.45) is 0 Å². The van der Waals surface area contributed by atoms with Crippen molar-refractivity contribution in [3.63, 3.8) is 0 Å². The largest absolute Gasteiger partial charge is 0.449 e. The molecule has 0 amide bonds. The molecule has 0 aliphatic heterocycles. The predicted octanol–water partition coefficient (Wildman–Crippen LogP) is 2.84. The molecule has 2 aromatic rings. The smallest absolute Gasteiger partial charge is 0.190 e. The zero-order chi connectivity index (χ0) is 9.26. The third-order valence-electron chi connectivity index (χ3n) is 1.97. The molecule has 0 fully saturated rings. The summed E-state index contributed by atoms with van der Waals surface area (Å²) in [5.74, 6) is 0.455. The van der Waals surface area contributed by atoms with Gasteiger partial charge in [-0.3, -0.25) is 0 Å². The SMILES string of the molecule is Cc1cccc(-c2coc(N)c2)c1. The summed E-state index contributed by atoms with van der Waals surface area (Å²) in [4.78, 5) is 0. The number of aryl methyl sites for hydroxylation is 1. The maximum atomic E-state index is 5.49. The van der Waals surface area contributed by atoms with Crippen molar-refractivity contribution in [2.75, 3.05) is 5.73 Å². The summed E-state index contributed by atoms with van der Waals surface area (Å²) < 4.78 is 5.04. The van der Waals surface area contributed by atoms with Gasteiger partial charge in [0.05, 0.1) is 0 Å². The Kier molecular flexibility index (Phi) is 1.81. The fourth-order valence-electron chi connectivity index (χ4n) is 1.33. The van der Waals surface area contributed by atoms with E-state index in [9.17, 15) is 0 Å². The van der Waals surface area contributed by atoms with Crippen molar-refractivity contribution in [1.82, 2.24) is 0 Å². The van der Waals surface area contributed by atoms with Gasteiger partial charge in [0.25, 0.3) is 0 Å². The lowest BCUT2D eigenvalue weighted by Crippen LogP contribution is -1.77. The molecule has 0 aliphatic carbocycles. The Morgan fingerprint density at radius 3 is 2.62 bits per heavy atom. The summed E-state index contributed by atoms with van der Waals surface area (Å²) in [6.07, 6.45) is 1.67. The van der Waals surface area contributed by atoms with Crippen LogP contribution in [0.4, 0.5) is 5.88 Å². The minimum atomic E-state index is 0.455. The third-order valence-corrected chi connectivity index (χ3v) is 1.97. The number of hydrogen-bond acceptors (Lipinski definition) is 2. The van der Waals surface area contributed by atoms with Crippen LogP contribution >= 0.6 is 0 Å². The van der Waals surface area contributed by atoms with Gasteiger partial charge in [-0.15, -0.1) is 0 Å². The second-order valence-electron chi connectivity index (χ2n) is 3.11. The Balaban J connectivity index is 2.46. The van der Waals surface area contributed by atoms with Crippen molar-refractivity contribution in [3.05, 3.63) is 42.2 Å². The minimum absolute atomic E-state index is 0.455. The van der Waals surface area contributed by atoms with E-state index in [-0.39, 0.29) is 0 Å². The summed E-state index contributed by atoms with van der Waals surface area (Å²) in [5.41, 5.74) is 8.89. The van der Waals surface area contributed by atoms with E-state index in [0.29, 0.717) is 5.88 Å². The summed E-state index contributed by atoms with van der Waals surface area (Å²) in [7, 11) is 0. The van der Waals surface area contributed by atoms with Crippen molar-refractivity contribution < 1.29 is 4.42 Å². The zero-order valence-electron chi connectivity index (χ0n) is 7.45. The molecule has 1 aromatic carbocycles. The molecule has 0 unspecified atom stereocenters. The molecular formula is C11H11NO. The molecular weight excluding hydrogens is 162 g/mol. The lowest BCUT2D eigenvalue weighted by molar-refractivity contribution is 0.588. The van der Waals surface area contributed by atoms with E-state index in [1.165, 1.54) is 5.56 Å². The predicted molar refractivity (Wildman–Crippen MR) is 53.3 cm³/mol. The topological polar surface area (TPSA) is 39.2 Å². The first kappa shape index (κ1) is 7.92. The van der Waals surface area contributed by atoms with Gasteiger partial charge in [0.15, 0.2) is 5.88 Å². The first-order valence-electron chi connectivity index (χ1n) is 4.17. The molecule has 0 bridgehead atoms. The first-order chi connectivity index (χ1) is 6.25. The van der Waals surface area contributed by atoms with Gasteiger partial charge in [0.2, 0.25) is 0 Å². The molecule has 0 atom stereocenters. The fraction of sp³-hybridized carbons (Fsp3) is 0.0909. The molecule has 0 saturated carbocycles. The van der Waals surface area contributed by atoms with Gasteiger partial charge in [-0.25, -0.2) is 0 Å². The van der Waals surface area contributed by atoms with Crippen LogP contribution < -0.4 is 5.73 Å². The van der Waals surface area contributed by atoms with Crippen molar-refractivity contribution in [1.29, 1.82) is 0 Å². The highest BCUT2D eigenvalue weighted by atomic mass is 16.3. The van der Waals surface area contributed by atoms with E-state index in [1.807, 2.05) is 18.2 Å². The molecule has 0 spiro atoms. The van der Waals surface area contributed by atoms with Crippen LogP contribution in [0, 0.1) is 6.92 Å².